The first-order valence-corrected chi connectivity index (χ1v) is 10.3. The van der Waals surface area contributed by atoms with Crippen molar-refractivity contribution in [2.24, 2.45) is 0 Å². The van der Waals surface area contributed by atoms with Crippen molar-refractivity contribution in [3.63, 3.8) is 0 Å². The maximum absolute atomic E-state index is 12.7. The molecule has 31 heavy (non-hydrogen) atoms. The molecule has 0 aliphatic heterocycles. The Bertz CT molecular complexity index is 1300. The number of aryl methyl sites for hydroxylation is 2. The normalized spacial score (nSPS) is 11.3. The van der Waals surface area contributed by atoms with Gasteiger partial charge in [-0.3, -0.25) is 4.79 Å². The third-order valence-corrected chi connectivity index (χ3v) is 5.61. The molecule has 0 atom stereocenters. The molecule has 0 fully saturated rings. The summed E-state index contributed by atoms with van der Waals surface area (Å²) >= 11 is 0. The van der Waals surface area contributed by atoms with Crippen molar-refractivity contribution in [3.8, 4) is 11.1 Å². The molecule has 1 amide bonds. The van der Waals surface area contributed by atoms with Gasteiger partial charge in [0, 0.05) is 42.2 Å². The fourth-order valence-electron chi connectivity index (χ4n) is 3.91. The molecule has 6 nitrogen and oxygen atoms in total. The summed E-state index contributed by atoms with van der Waals surface area (Å²) < 4.78 is 16.5. The number of amides is 1. The number of methoxy groups -OCH3 is 1. The average Bonchev–Trinajstić information content (AvgIpc) is 3.20. The summed E-state index contributed by atoms with van der Waals surface area (Å²) in [5.41, 5.74) is 4.61. The number of fused-ring (bicyclic) bond motifs is 2. The predicted octanol–water partition coefficient (Wildman–Crippen LogP) is 4.52. The van der Waals surface area contributed by atoms with Crippen LogP contribution in [0, 0.1) is 13.8 Å². The van der Waals surface area contributed by atoms with Crippen molar-refractivity contribution in [2.45, 2.75) is 26.7 Å². The van der Waals surface area contributed by atoms with Gasteiger partial charge in [0.05, 0.1) is 18.2 Å². The summed E-state index contributed by atoms with van der Waals surface area (Å²) in [5.74, 6) is -0.211. The molecule has 160 valence electrons. The number of hydrogen-bond donors (Lipinski definition) is 1. The van der Waals surface area contributed by atoms with Gasteiger partial charge in [0.15, 0.2) is 0 Å². The maximum atomic E-state index is 12.7. The van der Waals surface area contributed by atoms with E-state index in [1.165, 1.54) is 0 Å². The van der Waals surface area contributed by atoms with Crippen LogP contribution in [0.5, 0.6) is 0 Å². The second-order valence-electron chi connectivity index (χ2n) is 7.64. The Morgan fingerprint density at radius 2 is 1.84 bits per heavy atom. The van der Waals surface area contributed by atoms with Crippen LogP contribution in [0.25, 0.3) is 33.1 Å². The fourth-order valence-corrected chi connectivity index (χ4v) is 3.91. The Balaban J connectivity index is 1.77. The number of nitrogens with one attached hydrogen (secondary N) is 1. The third-order valence-electron chi connectivity index (χ3n) is 5.61. The molecule has 2 aromatic carbocycles. The molecule has 0 radical (unpaired) electrons. The van der Waals surface area contributed by atoms with E-state index < -0.39 is 5.63 Å². The highest BCUT2D eigenvalue weighted by Gasteiger charge is 2.20. The van der Waals surface area contributed by atoms with Crippen molar-refractivity contribution in [3.05, 3.63) is 69.8 Å². The zero-order valence-corrected chi connectivity index (χ0v) is 17.9. The number of rotatable bonds is 7. The van der Waals surface area contributed by atoms with Gasteiger partial charge in [-0.25, -0.2) is 4.79 Å². The summed E-state index contributed by atoms with van der Waals surface area (Å²) in [6.45, 7) is 4.81. The zero-order chi connectivity index (χ0) is 22.0. The largest absolute Gasteiger partial charge is 0.463 e. The number of carbonyl (C=O) groups is 1. The van der Waals surface area contributed by atoms with Gasteiger partial charge in [0.2, 0.25) is 5.91 Å². The molecule has 2 aromatic heterocycles. The SMILES string of the molecule is COCCCNC(=O)Cc1c(C)c2cc3c(-c4ccccc4)coc3c(C)c2oc1=O. The highest BCUT2D eigenvalue weighted by Crippen LogP contribution is 2.37. The first-order chi connectivity index (χ1) is 15.0. The van der Waals surface area contributed by atoms with E-state index in [1.54, 1.807) is 13.4 Å². The monoisotopic (exact) mass is 419 g/mol. The summed E-state index contributed by atoms with van der Waals surface area (Å²) in [6, 6.07) is 12.0. The molecule has 0 saturated heterocycles. The summed E-state index contributed by atoms with van der Waals surface area (Å²) in [6.07, 6.45) is 2.42. The highest BCUT2D eigenvalue weighted by molar-refractivity contribution is 6.05. The van der Waals surface area contributed by atoms with E-state index in [0.29, 0.717) is 36.3 Å². The Kier molecular flexibility index (Phi) is 5.91. The van der Waals surface area contributed by atoms with E-state index in [4.69, 9.17) is 13.6 Å². The molecule has 1 N–H and O–H groups in total. The lowest BCUT2D eigenvalue weighted by Crippen LogP contribution is -2.29. The molecule has 0 aliphatic rings. The van der Waals surface area contributed by atoms with Gasteiger partial charge < -0.3 is 18.9 Å². The molecule has 0 unspecified atom stereocenters. The number of furan rings is 1. The van der Waals surface area contributed by atoms with Gasteiger partial charge in [-0.05, 0) is 37.5 Å². The van der Waals surface area contributed by atoms with Gasteiger partial charge >= 0.3 is 5.63 Å². The van der Waals surface area contributed by atoms with Gasteiger partial charge in [0.25, 0.3) is 0 Å². The summed E-state index contributed by atoms with van der Waals surface area (Å²) in [5, 5.41) is 4.58. The van der Waals surface area contributed by atoms with Crippen molar-refractivity contribution >= 4 is 27.8 Å². The second-order valence-corrected chi connectivity index (χ2v) is 7.64. The Labute approximate surface area is 179 Å². The van der Waals surface area contributed by atoms with Crippen LogP contribution in [0.2, 0.25) is 0 Å². The van der Waals surface area contributed by atoms with E-state index in [9.17, 15) is 9.59 Å². The van der Waals surface area contributed by atoms with E-state index in [1.807, 2.05) is 50.2 Å². The zero-order valence-electron chi connectivity index (χ0n) is 17.9. The fraction of sp³-hybridized carbons (Fsp3) is 0.280. The van der Waals surface area contributed by atoms with Crippen molar-refractivity contribution in [1.29, 1.82) is 0 Å². The summed E-state index contributed by atoms with van der Waals surface area (Å²) in [4.78, 5) is 25.0. The van der Waals surface area contributed by atoms with Crippen LogP contribution >= 0.6 is 0 Å². The number of benzene rings is 2. The van der Waals surface area contributed by atoms with Gasteiger partial charge in [-0.15, -0.1) is 0 Å². The van der Waals surface area contributed by atoms with E-state index >= 15 is 0 Å². The van der Waals surface area contributed by atoms with Gasteiger partial charge in [-0.1, -0.05) is 30.3 Å². The number of hydrogen-bond acceptors (Lipinski definition) is 5. The van der Waals surface area contributed by atoms with Gasteiger partial charge in [0.1, 0.15) is 11.2 Å². The molecule has 0 spiro atoms. The van der Waals surface area contributed by atoms with Crippen molar-refractivity contribution < 1.29 is 18.4 Å². The van der Waals surface area contributed by atoms with E-state index in [2.05, 4.69) is 5.32 Å². The molecule has 0 saturated carbocycles. The minimum absolute atomic E-state index is 0.0227. The quantitative estimate of drug-likeness (QED) is 0.352. The van der Waals surface area contributed by atoms with Crippen LogP contribution in [0.4, 0.5) is 0 Å². The number of ether oxygens (including phenoxy) is 1. The van der Waals surface area contributed by atoms with Crippen molar-refractivity contribution in [2.75, 3.05) is 20.3 Å². The third kappa shape index (κ3) is 3.99. The van der Waals surface area contributed by atoms with Crippen molar-refractivity contribution in [1.82, 2.24) is 5.32 Å². The Morgan fingerprint density at radius 3 is 2.58 bits per heavy atom. The minimum atomic E-state index is -0.491. The molecule has 4 aromatic rings. The van der Waals surface area contributed by atoms with E-state index in [0.717, 1.165) is 33.0 Å². The molecule has 4 rings (SSSR count). The lowest BCUT2D eigenvalue weighted by molar-refractivity contribution is -0.120. The van der Waals surface area contributed by atoms with Gasteiger partial charge in [-0.2, -0.15) is 0 Å². The molecule has 0 aliphatic carbocycles. The minimum Gasteiger partial charge on any atom is -0.463 e. The predicted molar refractivity (Wildman–Crippen MR) is 120 cm³/mol. The van der Waals surface area contributed by atoms with Crippen LogP contribution in [0.15, 0.2) is 56.3 Å². The Hall–Kier alpha value is -3.38. The molecular formula is C25H25NO5. The first kappa shape index (κ1) is 20.9. The number of carbonyl (C=O) groups excluding carboxylic acids is 1. The van der Waals surface area contributed by atoms with Crippen LogP contribution in [-0.2, 0) is 16.0 Å². The summed E-state index contributed by atoms with van der Waals surface area (Å²) in [7, 11) is 1.62. The van der Waals surface area contributed by atoms with Crippen LogP contribution in [0.1, 0.15) is 23.1 Å². The Morgan fingerprint density at radius 1 is 1.06 bits per heavy atom. The second kappa shape index (κ2) is 8.78. The standard InChI is InChI=1S/C25H25NO5/c1-15-18-12-20-21(17-8-5-4-6-9-17)14-30-23(20)16(2)24(18)31-25(28)19(15)13-22(27)26-10-7-11-29-3/h4-6,8-9,12,14H,7,10-11,13H2,1-3H3,(H,26,27). The average molecular weight is 419 g/mol. The lowest BCUT2D eigenvalue weighted by Gasteiger charge is -2.10. The van der Waals surface area contributed by atoms with E-state index in [-0.39, 0.29) is 12.3 Å². The molecular weight excluding hydrogens is 394 g/mol. The maximum Gasteiger partial charge on any atom is 0.340 e. The molecule has 2 heterocycles. The van der Waals surface area contributed by atoms with Crippen LogP contribution in [0.3, 0.4) is 0 Å². The topological polar surface area (TPSA) is 81.7 Å². The first-order valence-electron chi connectivity index (χ1n) is 10.3. The molecule has 6 heteroatoms. The lowest BCUT2D eigenvalue weighted by atomic mass is 9.97. The highest BCUT2D eigenvalue weighted by atomic mass is 16.5. The smallest absolute Gasteiger partial charge is 0.340 e. The van der Waals surface area contributed by atoms with Crippen LogP contribution in [-0.4, -0.2) is 26.2 Å². The molecule has 0 bridgehead atoms. The van der Waals surface area contributed by atoms with Crippen LogP contribution < -0.4 is 10.9 Å².